The van der Waals surface area contributed by atoms with Gasteiger partial charge in [-0.1, -0.05) is 6.92 Å². The molecule has 0 aromatic heterocycles. The Morgan fingerprint density at radius 1 is 1.07 bits per heavy atom. The quantitative estimate of drug-likeness (QED) is 0.346. The predicted molar refractivity (Wildman–Crippen MR) is 158 cm³/mol. The van der Waals surface area contributed by atoms with Crippen LogP contribution in [-0.2, 0) is 20.0 Å². The van der Waals surface area contributed by atoms with Crippen molar-refractivity contribution in [3.63, 3.8) is 0 Å². The summed E-state index contributed by atoms with van der Waals surface area (Å²) in [6.45, 7) is 3.22. The lowest BCUT2D eigenvalue weighted by Crippen LogP contribution is -2.50. The number of halogens is 1. The molecule has 3 atom stereocenters. The third kappa shape index (κ3) is 7.09. The van der Waals surface area contributed by atoms with Crippen molar-refractivity contribution in [3.05, 3.63) is 78.1 Å². The van der Waals surface area contributed by atoms with Crippen LogP contribution in [0.1, 0.15) is 24.2 Å². The molecule has 0 bridgehead atoms. The number of rotatable bonds is 10. The van der Waals surface area contributed by atoms with Gasteiger partial charge in [-0.2, -0.15) is 4.31 Å². The number of fused-ring (bicyclic) bond motifs is 1. The normalized spacial score (nSPS) is 18.3. The van der Waals surface area contributed by atoms with E-state index < -0.39 is 43.9 Å². The molecule has 3 aromatic carbocycles. The minimum atomic E-state index is -4.11. The maximum atomic E-state index is 13.7. The van der Waals surface area contributed by atoms with E-state index in [-0.39, 0.29) is 52.4 Å². The van der Waals surface area contributed by atoms with Crippen LogP contribution in [0.25, 0.3) is 0 Å². The molecular formula is C29H34FN3O8S2. The number of likely N-dealkylation sites (N-methyl/N-ethyl adjacent to an activating group) is 1. The fraction of sp³-hybridized carbons (Fsp3) is 0.345. The largest absolute Gasteiger partial charge is 0.497 e. The standard InChI is InChI=1S/C29H34FN3O8S2/c1-19-16-33(20(2)18-34)29(35)26-15-22(31-42(36,37)24-10-5-21(30)6-11-24)7-14-27(26)41-28(19)17-32(3)43(38,39)25-12-8-23(40-4)9-13-25/h5-15,19-20,28,31,34H,16-18H2,1-4H3/t19-,20-,28+/m0/s1. The van der Waals surface area contributed by atoms with Crippen LogP contribution in [0, 0.1) is 11.7 Å². The molecule has 0 radical (unpaired) electrons. The molecule has 0 unspecified atom stereocenters. The van der Waals surface area contributed by atoms with Crippen molar-refractivity contribution >= 4 is 31.6 Å². The van der Waals surface area contributed by atoms with Crippen molar-refractivity contribution in [2.24, 2.45) is 5.92 Å². The topological polar surface area (TPSA) is 143 Å². The zero-order chi connectivity index (χ0) is 31.5. The Bertz CT molecular complexity index is 1670. The van der Waals surface area contributed by atoms with Gasteiger partial charge in [0.25, 0.3) is 15.9 Å². The molecular weight excluding hydrogens is 601 g/mol. The molecule has 2 N–H and O–H groups in total. The lowest BCUT2D eigenvalue weighted by Gasteiger charge is -2.38. The molecule has 4 rings (SSSR count). The molecule has 1 aliphatic heterocycles. The molecule has 43 heavy (non-hydrogen) atoms. The SMILES string of the molecule is COc1ccc(S(=O)(=O)N(C)C[C@H]2Oc3ccc(NS(=O)(=O)c4ccc(F)cc4)cc3C(=O)N([C@@H](C)CO)C[C@@H]2C)cc1. The molecule has 14 heteroatoms. The highest BCUT2D eigenvalue weighted by Gasteiger charge is 2.35. The second kappa shape index (κ2) is 12.9. The maximum absolute atomic E-state index is 13.7. The average molecular weight is 636 g/mol. The second-order valence-corrected chi connectivity index (χ2v) is 14.1. The molecule has 1 heterocycles. The van der Waals surface area contributed by atoms with Gasteiger partial charge < -0.3 is 19.5 Å². The molecule has 1 amide bonds. The molecule has 0 fully saturated rings. The van der Waals surface area contributed by atoms with Gasteiger partial charge in [-0.15, -0.1) is 0 Å². The highest BCUT2D eigenvalue weighted by Crippen LogP contribution is 2.32. The van der Waals surface area contributed by atoms with Gasteiger partial charge in [-0.25, -0.2) is 21.2 Å². The number of amides is 1. The molecule has 11 nitrogen and oxygen atoms in total. The van der Waals surface area contributed by atoms with E-state index >= 15 is 0 Å². The Morgan fingerprint density at radius 3 is 2.30 bits per heavy atom. The summed E-state index contributed by atoms with van der Waals surface area (Å²) >= 11 is 0. The van der Waals surface area contributed by atoms with E-state index in [4.69, 9.17) is 9.47 Å². The number of ether oxygens (including phenoxy) is 2. The lowest BCUT2D eigenvalue weighted by molar-refractivity contribution is 0.0387. The number of aliphatic hydroxyl groups excluding tert-OH is 1. The van der Waals surface area contributed by atoms with Crippen LogP contribution in [-0.4, -0.2) is 83.1 Å². The van der Waals surface area contributed by atoms with Crippen molar-refractivity contribution in [2.45, 2.75) is 35.8 Å². The minimum Gasteiger partial charge on any atom is -0.497 e. The summed E-state index contributed by atoms with van der Waals surface area (Å²) in [7, 11) is -5.11. The number of anilines is 1. The van der Waals surface area contributed by atoms with Gasteiger partial charge in [-0.3, -0.25) is 9.52 Å². The van der Waals surface area contributed by atoms with E-state index in [2.05, 4.69) is 4.72 Å². The number of nitrogens with one attached hydrogen (secondary N) is 1. The number of methoxy groups -OCH3 is 1. The minimum absolute atomic E-state index is 0.0252. The van der Waals surface area contributed by atoms with Crippen LogP contribution in [0.3, 0.4) is 0 Å². The van der Waals surface area contributed by atoms with Crippen LogP contribution in [0.2, 0.25) is 0 Å². The van der Waals surface area contributed by atoms with E-state index in [1.54, 1.807) is 19.1 Å². The van der Waals surface area contributed by atoms with Crippen LogP contribution < -0.4 is 14.2 Å². The maximum Gasteiger partial charge on any atom is 0.261 e. The fourth-order valence-electron chi connectivity index (χ4n) is 4.61. The first-order chi connectivity index (χ1) is 20.3. The Kier molecular flexibility index (Phi) is 9.64. The molecule has 3 aromatic rings. The summed E-state index contributed by atoms with van der Waals surface area (Å²) in [4.78, 5) is 15.0. The number of benzene rings is 3. The van der Waals surface area contributed by atoms with Gasteiger partial charge in [0.2, 0.25) is 10.0 Å². The third-order valence-corrected chi connectivity index (χ3v) is 10.5. The van der Waals surface area contributed by atoms with Crippen LogP contribution >= 0.6 is 0 Å². The number of hydrogen-bond acceptors (Lipinski definition) is 8. The summed E-state index contributed by atoms with van der Waals surface area (Å²) < 4.78 is 80.7. The Balaban J connectivity index is 1.67. The van der Waals surface area contributed by atoms with Crippen molar-refractivity contribution in [1.29, 1.82) is 0 Å². The fourth-order valence-corrected chi connectivity index (χ4v) is 6.84. The third-order valence-electron chi connectivity index (χ3n) is 7.25. The highest BCUT2D eigenvalue weighted by molar-refractivity contribution is 7.92. The molecule has 0 spiro atoms. The van der Waals surface area contributed by atoms with Crippen LogP contribution in [0.5, 0.6) is 11.5 Å². The van der Waals surface area contributed by atoms with E-state index in [0.717, 1.165) is 24.3 Å². The van der Waals surface area contributed by atoms with E-state index in [0.29, 0.717) is 5.75 Å². The number of carbonyl (C=O) groups excluding carboxylic acids is 1. The van der Waals surface area contributed by atoms with Crippen LogP contribution in [0.15, 0.2) is 76.5 Å². The number of sulfonamides is 2. The number of hydrogen-bond donors (Lipinski definition) is 2. The molecule has 0 saturated carbocycles. The summed E-state index contributed by atoms with van der Waals surface area (Å²) in [5.41, 5.74) is 0.0816. The number of aliphatic hydroxyl groups is 1. The lowest BCUT2D eigenvalue weighted by atomic mass is 9.99. The van der Waals surface area contributed by atoms with Crippen molar-refractivity contribution in [2.75, 3.05) is 38.6 Å². The smallest absolute Gasteiger partial charge is 0.261 e. The van der Waals surface area contributed by atoms with Crippen molar-refractivity contribution in [1.82, 2.24) is 9.21 Å². The zero-order valence-corrected chi connectivity index (χ0v) is 25.7. The van der Waals surface area contributed by atoms with Gasteiger partial charge in [-0.05, 0) is 73.7 Å². The van der Waals surface area contributed by atoms with Crippen molar-refractivity contribution < 1.29 is 40.6 Å². The van der Waals surface area contributed by atoms with Gasteiger partial charge in [0.15, 0.2) is 0 Å². The summed E-state index contributed by atoms with van der Waals surface area (Å²) in [6.07, 6.45) is -0.722. The summed E-state index contributed by atoms with van der Waals surface area (Å²) in [6, 6.07) is 13.8. The Hall–Kier alpha value is -3.72. The van der Waals surface area contributed by atoms with Crippen molar-refractivity contribution in [3.8, 4) is 11.5 Å². The molecule has 0 saturated heterocycles. The summed E-state index contributed by atoms with van der Waals surface area (Å²) in [5.74, 6) is -0.818. The van der Waals surface area contributed by atoms with E-state index in [1.807, 2.05) is 6.92 Å². The van der Waals surface area contributed by atoms with Gasteiger partial charge in [0.05, 0.1) is 41.7 Å². The first-order valence-electron chi connectivity index (χ1n) is 13.4. The predicted octanol–water partition coefficient (Wildman–Crippen LogP) is 3.18. The van der Waals surface area contributed by atoms with Crippen LogP contribution in [0.4, 0.5) is 10.1 Å². The van der Waals surface area contributed by atoms with E-state index in [1.165, 1.54) is 53.7 Å². The first kappa shape index (κ1) is 32.2. The first-order valence-corrected chi connectivity index (χ1v) is 16.3. The Labute approximate surface area is 250 Å². The van der Waals surface area contributed by atoms with Gasteiger partial charge >= 0.3 is 0 Å². The molecule has 0 aliphatic carbocycles. The zero-order valence-electron chi connectivity index (χ0n) is 24.1. The van der Waals surface area contributed by atoms with E-state index in [9.17, 15) is 31.1 Å². The molecule has 232 valence electrons. The van der Waals surface area contributed by atoms with Gasteiger partial charge in [0.1, 0.15) is 23.4 Å². The number of nitrogens with zero attached hydrogens (tertiary/aromatic N) is 2. The number of carbonyl (C=O) groups is 1. The highest BCUT2D eigenvalue weighted by atomic mass is 32.2. The molecule has 1 aliphatic rings. The Morgan fingerprint density at radius 2 is 1.70 bits per heavy atom. The summed E-state index contributed by atoms with van der Waals surface area (Å²) in [5, 5.41) is 9.90. The van der Waals surface area contributed by atoms with Gasteiger partial charge in [0, 0.05) is 25.2 Å². The second-order valence-electron chi connectivity index (χ2n) is 10.4. The average Bonchev–Trinajstić information content (AvgIpc) is 2.98. The monoisotopic (exact) mass is 635 g/mol.